The van der Waals surface area contributed by atoms with Gasteiger partial charge in [-0.1, -0.05) is 41.5 Å². The number of nitrogens with zero attached hydrogens (tertiary/aromatic N) is 3. The van der Waals surface area contributed by atoms with E-state index in [4.69, 9.17) is 17.6 Å². The van der Waals surface area contributed by atoms with Crippen LogP contribution in [0.2, 0.25) is 0 Å². The van der Waals surface area contributed by atoms with Gasteiger partial charge in [0.2, 0.25) is 5.36 Å². The van der Waals surface area contributed by atoms with Crippen LogP contribution in [0.25, 0.3) is 20.8 Å². The predicted octanol–water partition coefficient (Wildman–Crippen LogP) is 7.26. The van der Waals surface area contributed by atoms with E-state index in [1.165, 1.54) is 71.6 Å². The van der Waals surface area contributed by atoms with Crippen molar-refractivity contribution < 1.29 is 0 Å². The van der Waals surface area contributed by atoms with Crippen LogP contribution in [-0.2, 0) is 6.42 Å². The minimum Gasteiger partial charge on any atom is -0.371 e. The third-order valence-corrected chi connectivity index (χ3v) is 9.24. The maximum Gasteiger partial charge on any atom is 0.204 e. The quantitative estimate of drug-likeness (QED) is 0.205. The van der Waals surface area contributed by atoms with E-state index in [2.05, 4.69) is 67.5 Å². The summed E-state index contributed by atoms with van der Waals surface area (Å²) in [7, 11) is 0. The number of hydrogen-bond acceptors (Lipinski definition) is 4. The number of anilines is 1. The lowest BCUT2D eigenvalue weighted by Crippen LogP contribution is -2.42. The van der Waals surface area contributed by atoms with Crippen LogP contribution in [0, 0.1) is 5.41 Å². The number of rotatable bonds is 7. The highest BCUT2D eigenvalue weighted by Crippen LogP contribution is 2.38. The zero-order valence-corrected chi connectivity index (χ0v) is 24.4. The van der Waals surface area contributed by atoms with Crippen molar-refractivity contribution in [3.8, 4) is 10.6 Å². The average molecular weight is 511 g/mol. The van der Waals surface area contributed by atoms with Crippen molar-refractivity contribution in [1.29, 1.82) is 0 Å². The Morgan fingerprint density at radius 3 is 2.40 bits per heavy atom. The van der Waals surface area contributed by atoms with Crippen molar-refractivity contribution in [3.05, 3.63) is 41.3 Å². The number of benzene rings is 2. The van der Waals surface area contributed by atoms with Gasteiger partial charge in [0.1, 0.15) is 13.1 Å². The molecule has 5 rings (SSSR count). The predicted molar refractivity (Wildman–Crippen MR) is 158 cm³/mol. The van der Waals surface area contributed by atoms with E-state index in [1.807, 2.05) is 25.2 Å². The van der Waals surface area contributed by atoms with Crippen LogP contribution in [-0.4, -0.2) is 35.9 Å². The Balaban J connectivity index is 0.00000141. The van der Waals surface area contributed by atoms with Crippen molar-refractivity contribution in [2.24, 2.45) is 5.41 Å². The van der Waals surface area contributed by atoms with Crippen LogP contribution in [0.5, 0.6) is 0 Å². The summed E-state index contributed by atoms with van der Waals surface area (Å²) in [5.41, 5.74) is 5.34. The van der Waals surface area contributed by atoms with E-state index >= 15 is 0 Å². The molecule has 0 radical (unpaired) electrons. The molecule has 0 N–H and O–H groups in total. The third-order valence-electron chi connectivity index (χ3n) is 7.67. The second-order valence-corrected chi connectivity index (χ2v) is 13.4. The molecule has 4 aliphatic rings. The van der Waals surface area contributed by atoms with Gasteiger partial charge in [0, 0.05) is 35.2 Å². The Morgan fingerprint density at radius 1 is 1.06 bits per heavy atom. The molecule has 0 saturated carbocycles. The summed E-state index contributed by atoms with van der Waals surface area (Å²) in [6.07, 6.45) is 7.12. The second-order valence-electron chi connectivity index (χ2n) is 11.2. The number of thiol groups is 1. The van der Waals surface area contributed by atoms with E-state index in [0.29, 0.717) is 0 Å². The van der Waals surface area contributed by atoms with Gasteiger partial charge in [-0.2, -0.15) is 12.6 Å². The molecule has 0 amide bonds. The minimum absolute atomic E-state index is 0.101. The number of fused-ring (bicyclic) bond motifs is 2. The summed E-state index contributed by atoms with van der Waals surface area (Å²) in [4.78, 5) is 8.87. The number of aromatic nitrogens is 1. The fourth-order valence-corrected chi connectivity index (χ4v) is 6.68. The first-order chi connectivity index (χ1) is 16.7. The van der Waals surface area contributed by atoms with Crippen molar-refractivity contribution in [1.82, 2.24) is 9.56 Å². The Morgan fingerprint density at radius 2 is 1.80 bits per heavy atom. The molecule has 2 saturated heterocycles. The zero-order valence-electron chi connectivity index (χ0n) is 22.7. The molecular formula is C30H44N3S2+. The fourth-order valence-electron chi connectivity index (χ4n) is 5.24. The molecule has 1 aromatic rings. The van der Waals surface area contributed by atoms with Crippen molar-refractivity contribution >= 4 is 39.9 Å². The largest absolute Gasteiger partial charge is 0.371 e. The van der Waals surface area contributed by atoms with Crippen molar-refractivity contribution in [2.75, 3.05) is 31.1 Å². The van der Waals surface area contributed by atoms with Crippen LogP contribution in [0.15, 0.2) is 30.3 Å². The van der Waals surface area contributed by atoms with Gasteiger partial charge in [0.25, 0.3) is 0 Å². The molecule has 3 nitrogen and oxygen atoms in total. The summed E-state index contributed by atoms with van der Waals surface area (Å²) in [6, 6.07) is 11.6. The maximum absolute atomic E-state index is 5.11. The molecule has 1 aromatic carbocycles. The van der Waals surface area contributed by atoms with Gasteiger partial charge >= 0.3 is 0 Å². The fraction of sp³-hybridized carbons (Fsp3) is 0.600. The molecule has 5 heteroatoms. The first kappa shape index (κ1) is 26.5. The highest BCUT2D eigenvalue weighted by molar-refractivity contribution is 7.81. The second kappa shape index (κ2) is 10.8. The van der Waals surface area contributed by atoms with Gasteiger partial charge in [-0.15, -0.1) is 11.3 Å². The van der Waals surface area contributed by atoms with Crippen LogP contribution in [0.3, 0.4) is 0 Å². The van der Waals surface area contributed by atoms with E-state index in [-0.39, 0.29) is 10.2 Å². The van der Waals surface area contributed by atoms with Crippen LogP contribution >= 0.6 is 24.0 Å². The first-order valence-electron chi connectivity index (χ1n) is 13.7. The molecule has 3 aliphatic heterocycles. The Labute approximate surface area is 222 Å². The normalized spacial score (nSPS) is 17.5. The molecule has 1 unspecified atom stereocenters. The molecular weight excluding hydrogens is 466 g/mol. The Kier molecular flexibility index (Phi) is 8.17. The summed E-state index contributed by atoms with van der Waals surface area (Å²) in [6.45, 7) is 18.1. The molecule has 1 atom stereocenters. The van der Waals surface area contributed by atoms with Gasteiger partial charge < -0.3 is 4.90 Å². The number of hydrogen-bond donors (Lipinski definition) is 1. The van der Waals surface area contributed by atoms with Gasteiger partial charge in [-0.25, -0.2) is 9.56 Å². The molecule has 0 spiro atoms. The summed E-state index contributed by atoms with van der Waals surface area (Å²) < 4.78 is 3.96. The van der Waals surface area contributed by atoms with E-state index in [0.717, 1.165) is 30.5 Å². The first-order valence-corrected chi connectivity index (χ1v) is 14.9. The number of aryl methyl sites for hydroxylation is 1. The molecule has 190 valence electrons. The van der Waals surface area contributed by atoms with Crippen LogP contribution in [0.4, 0.5) is 5.69 Å². The standard InChI is InChI=1S/C28H37N3S2.C2H6/c1-5-28(4,32)19-27(2,3)11-10-20-16-23-26(18-24(20)31-14-7-15-31)33-25-17-21(30-12-6-13-30)8-9-22(25)29-23;1-2/h8-9,16-18H,5-7,10-15,19H2,1-4H3;1-2H3/p+1. The van der Waals surface area contributed by atoms with Gasteiger partial charge in [-0.05, 0) is 61.8 Å². The Hall–Kier alpha value is -1.59. The molecule has 2 fully saturated rings. The van der Waals surface area contributed by atoms with Crippen molar-refractivity contribution in [3.63, 3.8) is 0 Å². The van der Waals surface area contributed by atoms with Crippen LogP contribution in [0.1, 0.15) is 79.2 Å². The van der Waals surface area contributed by atoms with Crippen molar-refractivity contribution in [2.45, 2.75) is 84.8 Å². The van der Waals surface area contributed by atoms with Gasteiger partial charge in [-0.3, -0.25) is 0 Å². The van der Waals surface area contributed by atoms with Gasteiger partial charge in [0.05, 0.1) is 27.2 Å². The Bertz CT molecular complexity index is 1200. The average Bonchev–Trinajstić information content (AvgIpc) is 2.75. The van der Waals surface area contributed by atoms with E-state index in [9.17, 15) is 0 Å². The molecule has 3 heterocycles. The highest BCUT2D eigenvalue weighted by Gasteiger charge is 2.29. The minimum atomic E-state index is 0.101. The van der Waals surface area contributed by atoms with Gasteiger partial charge in [0.15, 0.2) is 0 Å². The third kappa shape index (κ3) is 6.05. The zero-order chi connectivity index (χ0) is 25.2. The SMILES string of the molecule is CC.CCC(C)(S)CC(C)(C)CCc1cc2nc3ccc(N4CCC4)cc3sc-2cc1=[N+]1CCC1. The smallest absolute Gasteiger partial charge is 0.204 e. The molecule has 0 aromatic heterocycles. The lowest BCUT2D eigenvalue weighted by molar-refractivity contribution is 0.270. The summed E-state index contributed by atoms with van der Waals surface area (Å²) in [5.74, 6) is 0. The summed E-state index contributed by atoms with van der Waals surface area (Å²) >= 11 is 6.83. The highest BCUT2D eigenvalue weighted by atomic mass is 32.1. The lowest BCUT2D eigenvalue weighted by atomic mass is 9.77. The van der Waals surface area contributed by atoms with Crippen LogP contribution < -0.4 is 14.8 Å². The topological polar surface area (TPSA) is 19.1 Å². The lowest BCUT2D eigenvalue weighted by Gasteiger charge is -2.33. The van der Waals surface area contributed by atoms with E-state index < -0.39 is 0 Å². The summed E-state index contributed by atoms with van der Waals surface area (Å²) in [5, 5.41) is 1.44. The molecule has 0 bridgehead atoms. The molecule has 1 aliphatic carbocycles. The molecule has 35 heavy (non-hydrogen) atoms. The van der Waals surface area contributed by atoms with E-state index in [1.54, 1.807) is 0 Å². The monoisotopic (exact) mass is 510 g/mol. The maximum atomic E-state index is 5.11.